The van der Waals surface area contributed by atoms with E-state index in [0.717, 1.165) is 36.9 Å². The van der Waals surface area contributed by atoms with Gasteiger partial charge in [0.05, 0.1) is 6.54 Å². The monoisotopic (exact) mass is 531 g/mol. The minimum Gasteiger partial charge on any atom is -0.352 e. The third kappa shape index (κ3) is 6.90. The molecule has 2 aliphatic carbocycles. The third-order valence-corrected chi connectivity index (χ3v) is 7.62. The van der Waals surface area contributed by atoms with Gasteiger partial charge in [-0.2, -0.15) is 0 Å². The van der Waals surface area contributed by atoms with Gasteiger partial charge < -0.3 is 15.5 Å². The van der Waals surface area contributed by atoms with Gasteiger partial charge in [-0.25, -0.2) is 9.97 Å². The van der Waals surface area contributed by atoms with Crippen molar-refractivity contribution in [1.29, 1.82) is 0 Å². The fraction of sp³-hybridized carbons (Fsp3) is 0.400. The van der Waals surface area contributed by atoms with Crippen molar-refractivity contribution in [3.05, 3.63) is 82.3 Å². The Bertz CT molecular complexity index is 1270. The standard InChI is InChI=1S/C30H34ClN5O2/c1-36(19-30(38)33-24-8-4-5-9-24)28-18-26(31)34-27(35-28)16-20-10-12-25(13-11-20)32-29(37)17-21-14-22-6-2-3-7-23(22)15-21/h2-3,6-7,10-13,18,21,24H,4-5,8-9,14-17,19H2,1H3,(H,32,37)(H,33,38). The molecule has 0 radical (unpaired) electrons. The minimum absolute atomic E-state index is 0.00853. The molecule has 0 aliphatic heterocycles. The van der Waals surface area contributed by atoms with Gasteiger partial charge in [0.25, 0.3) is 0 Å². The Kier molecular flexibility index (Phi) is 8.23. The summed E-state index contributed by atoms with van der Waals surface area (Å²) in [5.74, 6) is 1.57. The molecular formula is C30H34ClN5O2. The van der Waals surface area contributed by atoms with E-state index in [0.29, 0.717) is 35.6 Å². The van der Waals surface area contributed by atoms with Gasteiger partial charge in [0.1, 0.15) is 16.8 Å². The zero-order valence-electron chi connectivity index (χ0n) is 21.8. The zero-order valence-corrected chi connectivity index (χ0v) is 22.5. The van der Waals surface area contributed by atoms with Crippen LogP contribution in [0.2, 0.25) is 5.15 Å². The lowest BCUT2D eigenvalue weighted by atomic mass is 10.0. The predicted octanol–water partition coefficient (Wildman–Crippen LogP) is 4.96. The van der Waals surface area contributed by atoms with E-state index in [1.54, 1.807) is 11.0 Å². The van der Waals surface area contributed by atoms with Crippen LogP contribution in [0.4, 0.5) is 11.5 Å². The number of fused-ring (bicyclic) bond motifs is 1. The van der Waals surface area contributed by atoms with Crippen molar-refractivity contribution in [2.24, 2.45) is 5.92 Å². The number of anilines is 2. The van der Waals surface area contributed by atoms with E-state index in [4.69, 9.17) is 11.6 Å². The molecule has 0 bridgehead atoms. The van der Waals surface area contributed by atoms with E-state index in [-0.39, 0.29) is 24.4 Å². The van der Waals surface area contributed by atoms with Crippen molar-refractivity contribution in [3.8, 4) is 0 Å². The van der Waals surface area contributed by atoms with Crippen molar-refractivity contribution < 1.29 is 9.59 Å². The average Bonchev–Trinajstić information content (AvgIpc) is 3.54. The number of hydrogen-bond donors (Lipinski definition) is 2. The highest BCUT2D eigenvalue weighted by Gasteiger charge is 2.23. The summed E-state index contributed by atoms with van der Waals surface area (Å²) in [4.78, 5) is 35.9. The van der Waals surface area contributed by atoms with Crippen molar-refractivity contribution in [2.75, 3.05) is 23.8 Å². The molecule has 7 nitrogen and oxygen atoms in total. The van der Waals surface area contributed by atoms with E-state index >= 15 is 0 Å². The number of nitrogens with zero attached hydrogens (tertiary/aromatic N) is 3. The summed E-state index contributed by atoms with van der Waals surface area (Å²) in [6.07, 6.45) is 7.39. The molecule has 38 heavy (non-hydrogen) atoms. The quantitative estimate of drug-likeness (QED) is 0.381. The Balaban J connectivity index is 1.13. The lowest BCUT2D eigenvalue weighted by molar-refractivity contribution is -0.120. The Morgan fingerprint density at radius 2 is 1.66 bits per heavy atom. The van der Waals surface area contributed by atoms with E-state index < -0.39 is 0 Å². The van der Waals surface area contributed by atoms with Crippen molar-refractivity contribution in [3.63, 3.8) is 0 Å². The Hall–Kier alpha value is -3.45. The van der Waals surface area contributed by atoms with Crippen LogP contribution < -0.4 is 15.5 Å². The predicted molar refractivity (Wildman–Crippen MR) is 151 cm³/mol. The van der Waals surface area contributed by atoms with E-state index in [2.05, 4.69) is 44.9 Å². The molecule has 2 amide bonds. The first-order valence-corrected chi connectivity index (χ1v) is 13.8. The molecule has 1 aromatic heterocycles. The molecule has 5 rings (SSSR count). The number of halogens is 1. The summed E-state index contributed by atoms with van der Waals surface area (Å²) < 4.78 is 0. The lowest BCUT2D eigenvalue weighted by Crippen LogP contribution is -2.40. The first kappa shape index (κ1) is 26.2. The molecule has 1 heterocycles. The molecular weight excluding hydrogens is 498 g/mol. The number of hydrogen-bond acceptors (Lipinski definition) is 5. The first-order chi connectivity index (χ1) is 18.4. The largest absolute Gasteiger partial charge is 0.352 e. The van der Waals surface area contributed by atoms with E-state index in [1.807, 2.05) is 31.3 Å². The second-order valence-corrected chi connectivity index (χ2v) is 10.9. The second-order valence-electron chi connectivity index (χ2n) is 10.5. The molecule has 0 spiro atoms. The molecule has 1 fully saturated rings. The van der Waals surface area contributed by atoms with Crippen LogP contribution in [0.25, 0.3) is 0 Å². The van der Waals surface area contributed by atoms with Gasteiger partial charge in [0.2, 0.25) is 11.8 Å². The van der Waals surface area contributed by atoms with Gasteiger partial charge >= 0.3 is 0 Å². The van der Waals surface area contributed by atoms with Gasteiger partial charge in [0, 0.05) is 37.7 Å². The number of amides is 2. The first-order valence-electron chi connectivity index (χ1n) is 13.4. The second kappa shape index (κ2) is 11.9. The van der Waals surface area contributed by atoms with Gasteiger partial charge in [-0.3, -0.25) is 9.59 Å². The SMILES string of the molecule is CN(CC(=O)NC1CCCC1)c1cc(Cl)nc(Cc2ccc(NC(=O)CC3Cc4ccccc4C3)cc2)n1. The van der Waals surface area contributed by atoms with Crippen LogP contribution in [0, 0.1) is 5.92 Å². The van der Waals surface area contributed by atoms with Gasteiger partial charge in [-0.1, -0.05) is 60.8 Å². The van der Waals surface area contributed by atoms with Gasteiger partial charge in [0.15, 0.2) is 0 Å². The Labute approximate surface area is 229 Å². The summed E-state index contributed by atoms with van der Waals surface area (Å²) >= 11 is 6.29. The normalized spacial score (nSPS) is 15.3. The van der Waals surface area contributed by atoms with Crippen LogP contribution in [0.5, 0.6) is 0 Å². The third-order valence-electron chi connectivity index (χ3n) is 7.43. The average molecular weight is 532 g/mol. The van der Waals surface area contributed by atoms with Crippen LogP contribution >= 0.6 is 11.6 Å². The van der Waals surface area contributed by atoms with Crippen LogP contribution in [0.15, 0.2) is 54.6 Å². The van der Waals surface area contributed by atoms with Crippen molar-refractivity contribution in [2.45, 2.75) is 57.4 Å². The van der Waals surface area contributed by atoms with Crippen LogP contribution in [0.1, 0.15) is 54.6 Å². The highest BCUT2D eigenvalue weighted by Crippen LogP contribution is 2.29. The number of carbonyl (C=O) groups excluding carboxylic acids is 2. The number of aromatic nitrogens is 2. The van der Waals surface area contributed by atoms with E-state index in [1.165, 1.54) is 24.0 Å². The maximum Gasteiger partial charge on any atom is 0.239 e. The molecule has 8 heteroatoms. The smallest absolute Gasteiger partial charge is 0.239 e. The number of rotatable bonds is 9. The van der Waals surface area contributed by atoms with Gasteiger partial charge in [-0.05, 0) is 60.4 Å². The number of likely N-dealkylation sites (N-methyl/N-ethyl adjacent to an activating group) is 1. The Morgan fingerprint density at radius 1 is 0.974 bits per heavy atom. The molecule has 2 aliphatic rings. The lowest BCUT2D eigenvalue weighted by Gasteiger charge is -2.20. The molecule has 0 unspecified atom stereocenters. The molecule has 0 atom stereocenters. The summed E-state index contributed by atoms with van der Waals surface area (Å²) in [7, 11) is 1.83. The maximum atomic E-state index is 12.6. The summed E-state index contributed by atoms with van der Waals surface area (Å²) in [5, 5.41) is 6.47. The van der Waals surface area contributed by atoms with E-state index in [9.17, 15) is 9.59 Å². The summed E-state index contributed by atoms with van der Waals surface area (Å²) in [6, 6.07) is 18.1. The van der Waals surface area contributed by atoms with Crippen molar-refractivity contribution >= 4 is 34.9 Å². The van der Waals surface area contributed by atoms with Crippen LogP contribution in [-0.4, -0.2) is 41.4 Å². The number of carbonyl (C=O) groups is 2. The molecule has 0 saturated heterocycles. The number of benzene rings is 2. The molecule has 198 valence electrons. The maximum absolute atomic E-state index is 12.6. The Morgan fingerprint density at radius 3 is 2.34 bits per heavy atom. The number of nitrogens with one attached hydrogen (secondary N) is 2. The summed E-state index contributed by atoms with van der Waals surface area (Å²) in [6.45, 7) is 0.213. The highest BCUT2D eigenvalue weighted by atomic mass is 35.5. The molecule has 1 saturated carbocycles. The highest BCUT2D eigenvalue weighted by molar-refractivity contribution is 6.29. The zero-order chi connectivity index (χ0) is 26.5. The fourth-order valence-corrected chi connectivity index (χ4v) is 5.72. The van der Waals surface area contributed by atoms with Gasteiger partial charge in [-0.15, -0.1) is 0 Å². The van der Waals surface area contributed by atoms with Crippen LogP contribution in [-0.2, 0) is 28.9 Å². The topological polar surface area (TPSA) is 87.2 Å². The minimum atomic E-state index is -0.00853. The van der Waals surface area contributed by atoms with Crippen molar-refractivity contribution in [1.82, 2.24) is 15.3 Å². The summed E-state index contributed by atoms with van der Waals surface area (Å²) in [5.41, 5.74) is 4.50. The molecule has 3 aromatic rings. The fourth-order valence-electron chi connectivity index (χ4n) is 5.52. The molecule has 2 N–H and O–H groups in total. The van der Waals surface area contributed by atoms with Crippen LogP contribution in [0.3, 0.4) is 0 Å². The molecule has 2 aromatic carbocycles.